The minimum Gasteiger partial charge on any atom is -0.325 e. The van der Waals surface area contributed by atoms with Crippen LogP contribution in [0.5, 0.6) is 0 Å². The predicted molar refractivity (Wildman–Crippen MR) is 69.4 cm³/mol. The van der Waals surface area contributed by atoms with Crippen molar-refractivity contribution in [2.24, 2.45) is 5.73 Å². The van der Waals surface area contributed by atoms with Gasteiger partial charge in [0, 0.05) is 15.5 Å². The smallest absolute Gasteiger partial charge is 0.0967 e. The zero-order chi connectivity index (χ0) is 11.7. The van der Waals surface area contributed by atoms with Gasteiger partial charge in [-0.2, -0.15) is 0 Å². The van der Waals surface area contributed by atoms with Gasteiger partial charge in [0.2, 0.25) is 0 Å². The Morgan fingerprint density at radius 1 is 1.31 bits per heavy atom. The van der Waals surface area contributed by atoms with Crippen molar-refractivity contribution in [3.63, 3.8) is 0 Å². The van der Waals surface area contributed by atoms with Crippen LogP contribution in [0.4, 0.5) is 0 Å². The highest BCUT2D eigenvalue weighted by Crippen LogP contribution is 2.30. The van der Waals surface area contributed by atoms with E-state index in [-0.39, 0.29) is 0 Å². The van der Waals surface area contributed by atoms with Crippen LogP contribution in [0.1, 0.15) is 11.3 Å². The van der Waals surface area contributed by atoms with Crippen molar-refractivity contribution in [3.8, 4) is 5.69 Å². The summed E-state index contributed by atoms with van der Waals surface area (Å²) in [6.45, 7) is 2.42. The lowest BCUT2D eigenvalue weighted by Crippen LogP contribution is -1.98. The van der Waals surface area contributed by atoms with Crippen molar-refractivity contribution in [1.29, 1.82) is 0 Å². The summed E-state index contributed by atoms with van der Waals surface area (Å²) < 4.78 is 3.64. The number of hydrogen-bond acceptors (Lipinski definition) is 3. The maximum atomic E-state index is 5.50. The Morgan fingerprint density at radius 3 is 2.44 bits per heavy atom. The van der Waals surface area contributed by atoms with Gasteiger partial charge in [0.1, 0.15) is 0 Å². The molecule has 0 atom stereocenters. The second-order valence-corrected chi connectivity index (χ2v) is 5.14. The van der Waals surface area contributed by atoms with Gasteiger partial charge in [-0.25, -0.2) is 4.68 Å². The molecule has 1 aromatic carbocycles. The number of benzene rings is 1. The van der Waals surface area contributed by atoms with Crippen molar-refractivity contribution in [1.82, 2.24) is 15.0 Å². The average Bonchev–Trinajstić information content (AvgIpc) is 2.64. The Bertz CT molecular complexity index is 498. The SMILES string of the molecule is Cc1cc(Br)c(-n2cc(CN)nn2)c(Br)c1. The molecule has 0 amide bonds. The van der Waals surface area contributed by atoms with E-state index in [0.717, 1.165) is 20.3 Å². The standard InChI is InChI=1S/C10H10Br2N4/c1-6-2-8(11)10(9(12)3-6)16-5-7(4-13)14-15-16/h2-3,5H,4,13H2,1H3. The van der Waals surface area contributed by atoms with E-state index in [4.69, 9.17) is 5.73 Å². The van der Waals surface area contributed by atoms with Crippen LogP contribution in [0.15, 0.2) is 27.3 Å². The molecule has 84 valence electrons. The molecule has 0 bridgehead atoms. The van der Waals surface area contributed by atoms with Gasteiger partial charge in [-0.15, -0.1) is 5.10 Å². The lowest BCUT2D eigenvalue weighted by molar-refractivity contribution is 0.791. The summed E-state index contributed by atoms with van der Waals surface area (Å²) in [5.74, 6) is 0. The van der Waals surface area contributed by atoms with Crippen molar-refractivity contribution in [3.05, 3.63) is 38.5 Å². The van der Waals surface area contributed by atoms with Crippen molar-refractivity contribution >= 4 is 31.9 Å². The molecule has 0 aliphatic rings. The second-order valence-electron chi connectivity index (χ2n) is 3.44. The molecule has 2 N–H and O–H groups in total. The van der Waals surface area contributed by atoms with E-state index in [1.807, 2.05) is 25.3 Å². The van der Waals surface area contributed by atoms with Crippen LogP contribution in [-0.4, -0.2) is 15.0 Å². The van der Waals surface area contributed by atoms with E-state index >= 15 is 0 Å². The van der Waals surface area contributed by atoms with Gasteiger partial charge in [-0.3, -0.25) is 0 Å². The quantitative estimate of drug-likeness (QED) is 0.910. The summed E-state index contributed by atoms with van der Waals surface area (Å²) in [5.41, 5.74) is 8.36. The number of aryl methyl sites for hydroxylation is 1. The monoisotopic (exact) mass is 344 g/mol. The highest BCUT2D eigenvalue weighted by Gasteiger charge is 2.10. The van der Waals surface area contributed by atoms with Gasteiger partial charge in [-0.05, 0) is 56.5 Å². The lowest BCUT2D eigenvalue weighted by atomic mass is 10.2. The van der Waals surface area contributed by atoms with Crippen LogP contribution in [0.25, 0.3) is 5.69 Å². The zero-order valence-corrected chi connectivity index (χ0v) is 11.8. The third kappa shape index (κ3) is 2.18. The fourth-order valence-electron chi connectivity index (χ4n) is 1.41. The molecule has 16 heavy (non-hydrogen) atoms. The first-order valence-electron chi connectivity index (χ1n) is 4.69. The molecule has 1 heterocycles. The molecule has 0 saturated carbocycles. The van der Waals surface area contributed by atoms with Gasteiger partial charge in [-0.1, -0.05) is 5.21 Å². The normalized spacial score (nSPS) is 10.8. The number of nitrogens with zero attached hydrogens (tertiary/aromatic N) is 3. The van der Waals surface area contributed by atoms with Crippen LogP contribution >= 0.6 is 31.9 Å². The van der Waals surface area contributed by atoms with E-state index in [0.29, 0.717) is 6.54 Å². The molecule has 1 aromatic heterocycles. The number of halogens is 2. The molecule has 4 nitrogen and oxygen atoms in total. The number of nitrogens with two attached hydrogens (primary N) is 1. The molecule has 0 aliphatic heterocycles. The maximum absolute atomic E-state index is 5.50. The van der Waals surface area contributed by atoms with E-state index in [1.165, 1.54) is 5.56 Å². The van der Waals surface area contributed by atoms with E-state index in [9.17, 15) is 0 Å². The molecular weight excluding hydrogens is 336 g/mol. The Kier molecular flexibility index (Phi) is 3.41. The molecule has 0 unspecified atom stereocenters. The van der Waals surface area contributed by atoms with Gasteiger partial charge in [0.15, 0.2) is 0 Å². The van der Waals surface area contributed by atoms with E-state index in [2.05, 4.69) is 42.2 Å². The molecule has 0 fully saturated rings. The van der Waals surface area contributed by atoms with Crippen molar-refractivity contribution < 1.29 is 0 Å². The van der Waals surface area contributed by atoms with Crippen LogP contribution in [0.3, 0.4) is 0 Å². The molecule has 2 rings (SSSR count). The molecule has 0 aliphatic carbocycles. The largest absolute Gasteiger partial charge is 0.325 e. The van der Waals surface area contributed by atoms with Crippen LogP contribution < -0.4 is 5.73 Å². The minimum absolute atomic E-state index is 0.390. The predicted octanol–water partition coefficient (Wildman–Crippen LogP) is 2.56. The first-order valence-corrected chi connectivity index (χ1v) is 6.27. The van der Waals surface area contributed by atoms with Crippen molar-refractivity contribution in [2.75, 3.05) is 0 Å². The van der Waals surface area contributed by atoms with E-state index in [1.54, 1.807) is 4.68 Å². The number of aromatic nitrogens is 3. The number of hydrogen-bond donors (Lipinski definition) is 1. The Balaban J connectivity index is 2.55. The van der Waals surface area contributed by atoms with E-state index < -0.39 is 0 Å². The molecular formula is C10H10Br2N4. The summed E-state index contributed by atoms with van der Waals surface area (Å²) in [6, 6.07) is 4.06. The maximum Gasteiger partial charge on any atom is 0.0967 e. The van der Waals surface area contributed by atoms with Crippen LogP contribution in [-0.2, 0) is 6.54 Å². The first-order chi connectivity index (χ1) is 7.61. The summed E-state index contributed by atoms with van der Waals surface area (Å²) >= 11 is 7.03. The highest BCUT2D eigenvalue weighted by molar-refractivity contribution is 9.11. The zero-order valence-electron chi connectivity index (χ0n) is 8.61. The molecule has 0 saturated heterocycles. The highest BCUT2D eigenvalue weighted by atomic mass is 79.9. The van der Waals surface area contributed by atoms with Gasteiger partial charge < -0.3 is 5.73 Å². The lowest BCUT2D eigenvalue weighted by Gasteiger charge is -2.07. The Morgan fingerprint density at radius 2 is 1.94 bits per heavy atom. The second kappa shape index (κ2) is 4.65. The van der Waals surface area contributed by atoms with Gasteiger partial charge in [0.25, 0.3) is 0 Å². The Hall–Kier alpha value is -0.720. The Labute approximate surface area is 110 Å². The third-order valence-electron chi connectivity index (χ3n) is 2.14. The average molecular weight is 346 g/mol. The number of rotatable bonds is 2. The summed E-state index contributed by atoms with van der Waals surface area (Å²) in [7, 11) is 0. The fourth-order valence-corrected chi connectivity index (χ4v) is 3.19. The third-order valence-corrected chi connectivity index (χ3v) is 3.35. The van der Waals surface area contributed by atoms with Crippen molar-refractivity contribution in [2.45, 2.75) is 13.5 Å². The van der Waals surface area contributed by atoms with Crippen LogP contribution in [0, 0.1) is 6.92 Å². The van der Waals surface area contributed by atoms with Gasteiger partial charge in [0.05, 0.1) is 17.6 Å². The molecule has 0 spiro atoms. The summed E-state index contributed by atoms with van der Waals surface area (Å²) in [6.07, 6.45) is 1.82. The fraction of sp³-hybridized carbons (Fsp3) is 0.200. The molecule has 6 heteroatoms. The van der Waals surface area contributed by atoms with Gasteiger partial charge >= 0.3 is 0 Å². The first kappa shape index (κ1) is 11.8. The minimum atomic E-state index is 0.390. The summed E-state index contributed by atoms with van der Waals surface area (Å²) in [5, 5.41) is 8.00. The van der Waals surface area contributed by atoms with Crippen LogP contribution in [0.2, 0.25) is 0 Å². The topological polar surface area (TPSA) is 56.7 Å². The summed E-state index contributed by atoms with van der Waals surface area (Å²) in [4.78, 5) is 0. The molecule has 0 radical (unpaired) electrons. The molecule has 2 aromatic rings.